The van der Waals surface area contributed by atoms with E-state index in [0.717, 1.165) is 0 Å². The zero-order chi connectivity index (χ0) is 42.5. The lowest BCUT2D eigenvalue weighted by Crippen LogP contribution is -2.59. The van der Waals surface area contributed by atoms with Gasteiger partial charge in [-0.2, -0.15) is 0 Å². The Labute approximate surface area is 371 Å². The van der Waals surface area contributed by atoms with E-state index in [1.807, 2.05) is 11.8 Å². The van der Waals surface area contributed by atoms with Crippen LogP contribution in [0.2, 0.25) is 26.2 Å². The van der Waals surface area contributed by atoms with E-state index < -0.39 is 16.1 Å². The molecule has 3 heterocycles. The number of para-hydroxylation sites is 4. The average Bonchev–Trinajstić information content (AvgIpc) is 3.25. The van der Waals surface area contributed by atoms with Gasteiger partial charge in [0.2, 0.25) is 6.71 Å². The van der Waals surface area contributed by atoms with Crippen molar-refractivity contribution in [2.45, 2.75) is 95.3 Å². The summed E-state index contributed by atoms with van der Waals surface area (Å²) >= 11 is 1.95. The molecule has 7 aromatic rings. The van der Waals surface area contributed by atoms with Crippen molar-refractivity contribution >= 4 is 106 Å². The minimum atomic E-state index is -1.93. The van der Waals surface area contributed by atoms with Crippen molar-refractivity contribution in [3.63, 3.8) is 0 Å². The molecule has 6 heteroatoms. The Hall–Kier alpha value is -5.01. The molecule has 7 aromatic carbocycles. The number of benzene rings is 7. The van der Waals surface area contributed by atoms with Gasteiger partial charge in [0.05, 0.1) is 0 Å². The molecule has 304 valence electrons. The molecule has 0 saturated heterocycles. The summed E-state index contributed by atoms with van der Waals surface area (Å²) in [5.41, 5.74) is 16.4. The van der Waals surface area contributed by atoms with Crippen molar-refractivity contribution in [2.75, 3.05) is 9.80 Å². The molecule has 2 nitrogen and oxygen atoms in total. The van der Waals surface area contributed by atoms with Crippen LogP contribution in [0.5, 0.6) is 0 Å². The van der Waals surface area contributed by atoms with Crippen molar-refractivity contribution in [1.82, 2.24) is 0 Å². The minimum absolute atomic E-state index is 0.0457. The van der Waals surface area contributed by atoms with E-state index >= 15 is 0 Å². The highest BCUT2D eigenvalue weighted by molar-refractivity contribution is 8.00. The largest absolute Gasteiger partial charge is 0.311 e. The maximum absolute atomic E-state index is 2.57. The number of nitrogens with zero attached hydrogens (tertiary/aromatic N) is 2. The first-order chi connectivity index (χ1) is 29.3. The maximum atomic E-state index is 2.57. The topological polar surface area (TPSA) is 6.48 Å². The molecule has 0 saturated carbocycles. The van der Waals surface area contributed by atoms with Gasteiger partial charge < -0.3 is 9.80 Å². The highest BCUT2D eigenvalue weighted by Crippen LogP contribution is 2.43. The van der Waals surface area contributed by atoms with Crippen molar-refractivity contribution in [2.24, 2.45) is 0 Å². The zero-order valence-electron chi connectivity index (χ0n) is 37.5. The molecular weight excluding hydrogens is 788 g/mol. The van der Waals surface area contributed by atoms with E-state index in [0.29, 0.717) is 17.8 Å². The molecular formula is C55H57BN2SSi2. The molecule has 0 N–H and O–H groups in total. The first-order valence-corrected chi connectivity index (χ1v) is 29.2. The van der Waals surface area contributed by atoms with E-state index in [1.54, 1.807) is 0 Å². The molecule has 0 amide bonds. The SMILES string of the molecule is CC(C)c1cc(C(C)C)c(B2c3cc(N4c5ccccc5[Si](C)(C)c5ccccc54)ccc3Sc3ccc(N4c5ccccc5[Si](C)(C)c5ccccc54)cc32)c(C(C)C)c1. The third-order valence-electron chi connectivity index (χ3n) is 14.1. The quantitative estimate of drug-likeness (QED) is 0.154. The number of hydrogen-bond acceptors (Lipinski definition) is 3. The highest BCUT2D eigenvalue weighted by atomic mass is 32.2. The van der Waals surface area contributed by atoms with Crippen LogP contribution in [0, 0.1) is 0 Å². The molecule has 0 atom stereocenters. The van der Waals surface area contributed by atoms with Gasteiger partial charge in [0.1, 0.15) is 16.1 Å². The fraction of sp³-hybridized carbons (Fsp3) is 0.236. The number of anilines is 6. The minimum Gasteiger partial charge on any atom is -0.311 e. The van der Waals surface area contributed by atoms with Gasteiger partial charge in [-0.3, -0.25) is 0 Å². The van der Waals surface area contributed by atoms with Gasteiger partial charge in [-0.15, -0.1) is 0 Å². The Morgan fingerprint density at radius 3 is 1.10 bits per heavy atom. The molecule has 0 bridgehead atoms. The second kappa shape index (κ2) is 14.8. The summed E-state index contributed by atoms with van der Waals surface area (Å²) in [5.74, 6) is 1.17. The van der Waals surface area contributed by atoms with Crippen LogP contribution in [0.3, 0.4) is 0 Å². The van der Waals surface area contributed by atoms with E-state index in [4.69, 9.17) is 0 Å². The second-order valence-corrected chi connectivity index (χ2v) is 29.3. The molecule has 0 aliphatic carbocycles. The lowest BCUT2D eigenvalue weighted by molar-refractivity contribution is 0.812. The lowest BCUT2D eigenvalue weighted by Gasteiger charge is -2.42. The van der Waals surface area contributed by atoms with Crippen LogP contribution >= 0.6 is 11.8 Å². The van der Waals surface area contributed by atoms with Crippen LogP contribution in [-0.2, 0) is 0 Å². The summed E-state index contributed by atoms with van der Waals surface area (Å²) < 4.78 is 0. The normalized spacial score (nSPS) is 15.6. The summed E-state index contributed by atoms with van der Waals surface area (Å²) in [4.78, 5) is 7.83. The maximum Gasteiger partial charge on any atom is 0.245 e. The standard InChI is InChI=1S/C55H57BN2SSi2/c1-35(2)38-31-41(36(3)4)55(42(32-38)37(5)6)56-43-33-39(57-45-19-11-15-23-51(45)60(7,8)52-24-16-12-20-46(52)57)27-29-49(43)59-50-30-28-40(34-44(50)56)58-47-21-13-17-25-53(47)61(9,10)54-26-18-14-22-48(54)58/h11-37H,1-10H3. The lowest BCUT2D eigenvalue weighted by atomic mass is 9.34. The number of hydrogen-bond donors (Lipinski definition) is 0. The molecule has 0 fully saturated rings. The Morgan fingerprint density at radius 1 is 0.426 bits per heavy atom. The van der Waals surface area contributed by atoms with Crippen LogP contribution in [-0.4, -0.2) is 22.9 Å². The van der Waals surface area contributed by atoms with Gasteiger partial charge in [-0.05, 0) is 116 Å². The molecule has 0 spiro atoms. The highest BCUT2D eigenvalue weighted by Gasteiger charge is 2.42. The molecule has 0 radical (unpaired) electrons. The number of rotatable bonds is 6. The first kappa shape index (κ1) is 40.1. The van der Waals surface area contributed by atoms with Crippen molar-refractivity contribution in [1.29, 1.82) is 0 Å². The van der Waals surface area contributed by atoms with Gasteiger partial charge in [0, 0.05) is 43.9 Å². The van der Waals surface area contributed by atoms with Gasteiger partial charge in [0.15, 0.2) is 0 Å². The Kier molecular flexibility index (Phi) is 9.74. The molecule has 0 unspecified atom stereocenters. The molecule has 61 heavy (non-hydrogen) atoms. The summed E-state index contributed by atoms with van der Waals surface area (Å²) in [6.45, 7) is 24.4. The monoisotopic (exact) mass is 844 g/mol. The molecule has 3 aliphatic rings. The van der Waals surface area contributed by atoms with Gasteiger partial charge in [-0.25, -0.2) is 0 Å². The van der Waals surface area contributed by atoms with E-state index in [9.17, 15) is 0 Å². The molecule has 3 aliphatic heterocycles. The first-order valence-electron chi connectivity index (χ1n) is 22.4. The predicted molar refractivity (Wildman–Crippen MR) is 273 cm³/mol. The van der Waals surface area contributed by atoms with Crippen molar-refractivity contribution in [3.05, 3.63) is 162 Å². The van der Waals surface area contributed by atoms with E-state index in [2.05, 4.69) is 223 Å². The summed E-state index contributed by atoms with van der Waals surface area (Å²) in [6.07, 6.45) is 0. The second-order valence-electron chi connectivity index (χ2n) is 19.5. The van der Waals surface area contributed by atoms with Gasteiger partial charge >= 0.3 is 0 Å². The average molecular weight is 845 g/mol. The predicted octanol–water partition coefficient (Wildman–Crippen LogP) is 11.2. The number of fused-ring (bicyclic) bond motifs is 6. The fourth-order valence-corrected chi connectivity index (χ4v) is 17.9. The van der Waals surface area contributed by atoms with Crippen molar-refractivity contribution in [3.8, 4) is 0 Å². The van der Waals surface area contributed by atoms with Gasteiger partial charge in [0.25, 0.3) is 0 Å². The van der Waals surface area contributed by atoms with Crippen LogP contribution in [0.1, 0.15) is 76.0 Å². The summed E-state index contributed by atoms with van der Waals surface area (Å²) in [6, 6.07) is 56.7. The van der Waals surface area contributed by atoms with E-state index in [-0.39, 0.29) is 6.71 Å². The van der Waals surface area contributed by atoms with Crippen LogP contribution in [0.4, 0.5) is 34.1 Å². The van der Waals surface area contributed by atoms with Crippen LogP contribution < -0.4 is 46.9 Å². The third kappa shape index (κ3) is 6.26. The smallest absolute Gasteiger partial charge is 0.245 e. The van der Waals surface area contributed by atoms with Crippen LogP contribution in [0.15, 0.2) is 155 Å². The summed E-state index contributed by atoms with van der Waals surface area (Å²) in [7, 11) is -3.87. The van der Waals surface area contributed by atoms with Crippen molar-refractivity contribution < 1.29 is 0 Å². The Morgan fingerprint density at radius 2 is 0.770 bits per heavy atom. The summed E-state index contributed by atoms with van der Waals surface area (Å²) in [5, 5.41) is 5.98. The van der Waals surface area contributed by atoms with Gasteiger partial charge in [-0.1, -0.05) is 181 Å². The molecule has 10 rings (SSSR count). The Balaban J connectivity index is 1.25. The Bertz CT molecular complexity index is 2590. The van der Waals surface area contributed by atoms with Crippen LogP contribution in [0.25, 0.3) is 0 Å². The fourth-order valence-electron chi connectivity index (χ4n) is 10.8. The zero-order valence-corrected chi connectivity index (χ0v) is 40.3. The molecule has 0 aromatic heterocycles. The third-order valence-corrected chi connectivity index (χ3v) is 22.3. The van der Waals surface area contributed by atoms with E-state index in [1.165, 1.54) is 97.7 Å².